The summed E-state index contributed by atoms with van der Waals surface area (Å²) in [7, 11) is 0. The molecule has 2 heterocycles. The molecule has 0 radical (unpaired) electrons. The zero-order valence-corrected chi connectivity index (χ0v) is 10.5. The molecule has 6 heteroatoms. The van der Waals surface area contributed by atoms with Crippen molar-refractivity contribution in [3.05, 3.63) is 0 Å². The van der Waals surface area contributed by atoms with Crippen LogP contribution in [-0.2, 0) is 9.68 Å². The molecule has 0 aromatic heterocycles. The molecule has 0 atom stereocenters. The first-order chi connectivity index (χ1) is 8.12. The van der Waals surface area contributed by atoms with Crippen LogP contribution in [0.1, 0.15) is 39.5 Å². The van der Waals surface area contributed by atoms with Gasteiger partial charge in [-0.1, -0.05) is 24.2 Å². The van der Waals surface area contributed by atoms with Crippen LogP contribution in [-0.4, -0.2) is 35.5 Å². The minimum Gasteiger partial charge on any atom is -0.395 e. The Morgan fingerprint density at radius 1 is 1.18 bits per heavy atom. The normalized spacial score (nSPS) is 18.5. The fourth-order valence-corrected chi connectivity index (χ4v) is 1.61. The van der Waals surface area contributed by atoms with Crippen molar-refractivity contribution in [2.24, 2.45) is 16.0 Å². The molecule has 17 heavy (non-hydrogen) atoms. The number of aliphatic hydroxyl groups is 1. The Hall–Kier alpha value is -1.30. The van der Waals surface area contributed by atoms with Crippen molar-refractivity contribution in [3.63, 3.8) is 0 Å². The molecule has 0 saturated heterocycles. The number of amidine groups is 1. The Balaban J connectivity index is 0.000000202. The summed E-state index contributed by atoms with van der Waals surface area (Å²) in [5.41, 5.74) is 5.26. The summed E-state index contributed by atoms with van der Waals surface area (Å²) in [6.07, 6.45) is 3.00. The molecule has 0 aliphatic carbocycles. The predicted molar refractivity (Wildman–Crippen MR) is 65.7 cm³/mol. The van der Waals surface area contributed by atoms with Crippen LogP contribution in [0.25, 0.3) is 0 Å². The molecule has 6 nitrogen and oxygen atoms in total. The first-order valence-corrected chi connectivity index (χ1v) is 5.98. The van der Waals surface area contributed by atoms with Gasteiger partial charge in [0, 0.05) is 12.8 Å². The van der Waals surface area contributed by atoms with Crippen LogP contribution in [0.2, 0.25) is 0 Å². The highest BCUT2D eigenvalue weighted by Gasteiger charge is 2.31. The summed E-state index contributed by atoms with van der Waals surface area (Å²) in [6.45, 7) is 5.21. The van der Waals surface area contributed by atoms with Crippen molar-refractivity contribution in [3.8, 4) is 0 Å². The van der Waals surface area contributed by atoms with Gasteiger partial charge in [-0.2, -0.15) is 0 Å². The van der Waals surface area contributed by atoms with Gasteiger partial charge in [0.1, 0.15) is 24.7 Å². The van der Waals surface area contributed by atoms with E-state index < -0.39 is 5.60 Å². The highest BCUT2D eigenvalue weighted by molar-refractivity contribution is 5.92. The van der Waals surface area contributed by atoms with E-state index in [1.54, 1.807) is 0 Å². The Labute approximate surface area is 101 Å². The molecule has 2 rings (SSSR count). The van der Waals surface area contributed by atoms with Crippen molar-refractivity contribution in [2.75, 3.05) is 13.2 Å². The van der Waals surface area contributed by atoms with Crippen molar-refractivity contribution >= 4 is 11.5 Å². The summed E-state index contributed by atoms with van der Waals surface area (Å²) in [5.74, 6) is 0.606. The number of hydrogen-bond acceptors (Lipinski definition) is 6. The van der Waals surface area contributed by atoms with E-state index in [4.69, 9.17) is 10.6 Å². The van der Waals surface area contributed by atoms with Crippen LogP contribution in [0, 0.1) is 0 Å². The number of rotatable bonds is 3. The molecule has 0 aromatic carbocycles. The number of hydrogen-bond donors (Lipinski definition) is 2. The Morgan fingerprint density at radius 3 is 2.06 bits per heavy atom. The second-order valence-electron chi connectivity index (χ2n) is 4.03. The topological polar surface area (TPSA) is 89.4 Å². The van der Waals surface area contributed by atoms with Gasteiger partial charge in [-0.25, -0.2) is 0 Å². The summed E-state index contributed by atoms with van der Waals surface area (Å²) >= 11 is 0. The molecule has 2 aliphatic heterocycles. The minimum absolute atomic E-state index is 0.606. The largest absolute Gasteiger partial charge is 0.395 e. The van der Waals surface area contributed by atoms with E-state index in [0.29, 0.717) is 31.9 Å². The van der Waals surface area contributed by atoms with Crippen molar-refractivity contribution < 1.29 is 14.8 Å². The van der Waals surface area contributed by atoms with Gasteiger partial charge in [0.15, 0.2) is 0 Å². The first kappa shape index (κ1) is 13.8. The van der Waals surface area contributed by atoms with Gasteiger partial charge in [-0.15, -0.1) is 0 Å². The van der Waals surface area contributed by atoms with E-state index in [-0.39, 0.29) is 0 Å². The van der Waals surface area contributed by atoms with E-state index >= 15 is 0 Å². The fraction of sp³-hybridized carbons (Fsp3) is 0.818. The van der Waals surface area contributed by atoms with Gasteiger partial charge in [0.25, 0.3) is 0 Å². The zero-order chi connectivity index (χ0) is 12.7. The van der Waals surface area contributed by atoms with Crippen LogP contribution in [0.3, 0.4) is 0 Å². The van der Waals surface area contributed by atoms with Gasteiger partial charge in [-0.05, 0) is 12.8 Å². The zero-order valence-electron chi connectivity index (χ0n) is 10.5. The van der Waals surface area contributed by atoms with Crippen molar-refractivity contribution in [2.45, 2.75) is 45.1 Å². The van der Waals surface area contributed by atoms with Crippen LogP contribution >= 0.6 is 0 Å². The number of nitrogens with two attached hydrogens (primary N) is 1. The molecular weight excluding hydrogens is 222 g/mol. The first-order valence-electron chi connectivity index (χ1n) is 5.98. The molecule has 98 valence electrons. The summed E-state index contributed by atoms with van der Waals surface area (Å²) in [6, 6.07) is 0. The van der Waals surface area contributed by atoms with E-state index in [2.05, 4.69) is 15.1 Å². The summed E-state index contributed by atoms with van der Waals surface area (Å²) < 4.78 is 0. The minimum atomic E-state index is -0.712. The summed E-state index contributed by atoms with van der Waals surface area (Å²) in [4.78, 5) is 9.35. The average Bonchev–Trinajstić information content (AvgIpc) is 3.01. The lowest BCUT2D eigenvalue weighted by Gasteiger charge is -2.23. The molecule has 3 N–H and O–H groups in total. The van der Waals surface area contributed by atoms with Gasteiger partial charge in [-0.3, -0.25) is 0 Å². The maximum absolute atomic E-state index is 9.92. The van der Waals surface area contributed by atoms with Gasteiger partial charge < -0.3 is 20.5 Å². The molecule has 2 aliphatic rings. The molecule has 0 aromatic rings. The second kappa shape index (κ2) is 6.44. The molecule has 0 fully saturated rings. The van der Waals surface area contributed by atoms with Gasteiger partial charge in [0.05, 0.1) is 5.71 Å². The van der Waals surface area contributed by atoms with Crippen molar-refractivity contribution in [1.82, 2.24) is 0 Å². The highest BCUT2D eigenvalue weighted by Crippen LogP contribution is 2.21. The Morgan fingerprint density at radius 2 is 1.76 bits per heavy atom. The van der Waals surface area contributed by atoms with Crippen LogP contribution in [0.4, 0.5) is 0 Å². The van der Waals surface area contributed by atoms with E-state index in [9.17, 15) is 5.11 Å². The maximum Gasteiger partial charge on any atom is 0.142 e. The van der Waals surface area contributed by atoms with Gasteiger partial charge in [0.2, 0.25) is 0 Å². The number of oxime groups is 2. The maximum atomic E-state index is 9.92. The van der Waals surface area contributed by atoms with Gasteiger partial charge >= 0.3 is 0 Å². The average molecular weight is 243 g/mol. The Kier molecular flexibility index (Phi) is 5.21. The lowest BCUT2D eigenvalue weighted by atomic mass is 9.90. The smallest absolute Gasteiger partial charge is 0.142 e. The standard InChI is InChI=1S/C8H15NO2.C3H6N2O/c1-3-8(10,4-2)7-5-6-11-9-7;4-3-1-2-6-5-3/h10H,3-6H2,1-2H3;1-2H2,(H2,4,5). The number of nitrogens with zero attached hydrogens (tertiary/aromatic N) is 2. The third kappa shape index (κ3) is 3.89. The lowest BCUT2D eigenvalue weighted by molar-refractivity contribution is 0.100. The molecule has 0 amide bonds. The summed E-state index contributed by atoms with van der Waals surface area (Å²) in [5, 5.41) is 17.2. The molecule has 0 spiro atoms. The SMILES string of the molecule is CCC(O)(CC)C1=NOCC1.NC1=NOCC1. The second-order valence-corrected chi connectivity index (χ2v) is 4.03. The molecule has 0 unspecified atom stereocenters. The van der Waals surface area contributed by atoms with Crippen LogP contribution in [0.5, 0.6) is 0 Å². The van der Waals surface area contributed by atoms with Crippen LogP contribution in [0.15, 0.2) is 10.3 Å². The monoisotopic (exact) mass is 243 g/mol. The molecule has 0 saturated carbocycles. The fourth-order valence-electron chi connectivity index (χ4n) is 1.61. The van der Waals surface area contributed by atoms with Crippen molar-refractivity contribution in [1.29, 1.82) is 0 Å². The highest BCUT2D eigenvalue weighted by atomic mass is 16.6. The van der Waals surface area contributed by atoms with E-state index in [1.807, 2.05) is 13.8 Å². The molecule has 0 bridgehead atoms. The van der Waals surface area contributed by atoms with Crippen LogP contribution < -0.4 is 5.73 Å². The quantitative estimate of drug-likeness (QED) is 0.773. The predicted octanol–water partition coefficient (Wildman–Crippen LogP) is 0.993. The third-order valence-corrected chi connectivity index (χ3v) is 2.94. The van der Waals surface area contributed by atoms with E-state index in [0.717, 1.165) is 18.6 Å². The molecular formula is C11H21N3O3. The third-order valence-electron chi connectivity index (χ3n) is 2.94. The lowest BCUT2D eigenvalue weighted by Crippen LogP contribution is -2.36. The Bertz CT molecular complexity index is 298. The van der Waals surface area contributed by atoms with E-state index in [1.165, 1.54) is 0 Å².